The Balaban J connectivity index is 1.53. The first-order valence-electron chi connectivity index (χ1n) is 11.5. The molecule has 0 radical (unpaired) electrons. The van der Waals surface area contributed by atoms with Crippen LogP contribution in [-0.4, -0.2) is 36.0 Å². The molecule has 10 nitrogen and oxygen atoms in total. The molecule has 1 aliphatic carbocycles. The summed E-state index contributed by atoms with van der Waals surface area (Å²) in [5, 5.41) is 10.0. The van der Waals surface area contributed by atoms with Crippen LogP contribution in [0.25, 0.3) is 11.3 Å². The van der Waals surface area contributed by atoms with Gasteiger partial charge < -0.3 is 20.5 Å². The van der Waals surface area contributed by atoms with Crippen LogP contribution in [0.2, 0.25) is 0 Å². The molecule has 0 spiro atoms. The summed E-state index contributed by atoms with van der Waals surface area (Å²) < 4.78 is 35.3. The molecular formula is C25H24FN7O3S. The Labute approximate surface area is 214 Å². The number of H-pyrrole nitrogens is 1. The average Bonchev–Trinajstić information content (AvgIpc) is 3.56. The van der Waals surface area contributed by atoms with E-state index in [0.717, 1.165) is 18.4 Å². The number of aromatic nitrogens is 4. The lowest BCUT2D eigenvalue weighted by Gasteiger charge is -2.22. The maximum atomic E-state index is 13.5. The van der Waals surface area contributed by atoms with Crippen LogP contribution < -0.4 is 20.5 Å². The van der Waals surface area contributed by atoms with E-state index in [-0.39, 0.29) is 17.2 Å². The molecule has 0 bridgehead atoms. The fraction of sp³-hybridized carbons (Fsp3) is 0.200. The number of amides is 1. The first-order chi connectivity index (χ1) is 17.9. The van der Waals surface area contributed by atoms with Crippen LogP contribution in [0.1, 0.15) is 35.7 Å². The van der Waals surface area contributed by atoms with E-state index < -0.39 is 22.5 Å². The van der Waals surface area contributed by atoms with Crippen LogP contribution in [0.4, 0.5) is 21.7 Å². The molecule has 0 saturated heterocycles. The number of hydrogen-bond donors (Lipinski definition) is 4. The maximum absolute atomic E-state index is 13.5. The largest absolute Gasteiger partial charge is 0.480 e. The quantitative estimate of drug-likeness (QED) is 0.246. The average molecular weight is 522 g/mol. The molecule has 0 aliphatic heterocycles. The molecule has 5 N–H and O–H groups in total. The van der Waals surface area contributed by atoms with Crippen molar-refractivity contribution in [3.8, 4) is 17.0 Å². The first kappa shape index (κ1) is 24.4. The number of carbonyl (C=O) groups is 1. The monoisotopic (exact) mass is 521 g/mol. The number of ether oxygens (including phenoxy) is 1. The number of carbonyl (C=O) groups excluding carboxylic acids is 1. The van der Waals surface area contributed by atoms with Gasteiger partial charge in [0.05, 0.1) is 17.6 Å². The smallest absolute Gasteiger partial charge is 0.254 e. The first-order valence-corrected chi connectivity index (χ1v) is 12.9. The molecule has 1 aliphatic rings. The van der Waals surface area contributed by atoms with Gasteiger partial charge in [-0.2, -0.15) is 5.10 Å². The van der Waals surface area contributed by atoms with E-state index in [4.69, 9.17) is 10.5 Å². The lowest BCUT2D eigenvalue weighted by Crippen LogP contribution is -2.17. The van der Waals surface area contributed by atoms with E-state index in [2.05, 4.69) is 30.2 Å². The fourth-order valence-corrected chi connectivity index (χ4v) is 4.49. The predicted molar refractivity (Wildman–Crippen MR) is 138 cm³/mol. The van der Waals surface area contributed by atoms with E-state index in [1.54, 1.807) is 37.3 Å². The summed E-state index contributed by atoms with van der Waals surface area (Å²) in [4.78, 5) is 20.6. The van der Waals surface area contributed by atoms with Gasteiger partial charge in [0.15, 0.2) is 5.82 Å². The third kappa shape index (κ3) is 5.14. The second-order valence-electron chi connectivity index (χ2n) is 8.45. The fourth-order valence-electron chi connectivity index (χ4n) is 3.93. The summed E-state index contributed by atoms with van der Waals surface area (Å²) in [6, 6.07) is 11.4. The summed E-state index contributed by atoms with van der Waals surface area (Å²) in [6.07, 6.45) is 6.00. The molecule has 12 heteroatoms. The highest BCUT2D eigenvalue weighted by atomic mass is 32.2. The molecule has 1 saturated carbocycles. The summed E-state index contributed by atoms with van der Waals surface area (Å²) in [7, 11) is -1.32. The summed E-state index contributed by atoms with van der Waals surface area (Å²) in [6.45, 7) is 1.80. The highest BCUT2D eigenvalue weighted by molar-refractivity contribution is 7.86. The zero-order chi connectivity index (χ0) is 26.0. The van der Waals surface area contributed by atoms with Crippen LogP contribution in [-0.2, 0) is 16.6 Å². The van der Waals surface area contributed by atoms with Crippen LogP contribution >= 0.6 is 0 Å². The minimum Gasteiger partial charge on any atom is -0.480 e. The van der Waals surface area contributed by atoms with Gasteiger partial charge in [-0.1, -0.05) is 25.1 Å². The van der Waals surface area contributed by atoms with E-state index in [1.807, 2.05) is 0 Å². The number of aromatic amines is 1. The molecule has 1 amide bonds. The lowest BCUT2D eigenvalue weighted by atomic mass is 10.0. The highest BCUT2D eigenvalue weighted by Gasteiger charge is 2.47. The van der Waals surface area contributed by atoms with Crippen molar-refractivity contribution in [2.45, 2.75) is 25.4 Å². The van der Waals surface area contributed by atoms with Crippen LogP contribution in [0.5, 0.6) is 5.75 Å². The van der Waals surface area contributed by atoms with Crippen molar-refractivity contribution in [3.05, 3.63) is 78.0 Å². The molecule has 2 aromatic heterocycles. The lowest BCUT2D eigenvalue weighted by molar-refractivity contribution is 0.100. The molecule has 1 atom stereocenters. The van der Waals surface area contributed by atoms with Gasteiger partial charge in [0.25, 0.3) is 5.91 Å². The highest BCUT2D eigenvalue weighted by Crippen LogP contribution is 2.51. The van der Waals surface area contributed by atoms with Crippen molar-refractivity contribution in [1.82, 2.24) is 20.2 Å². The molecule has 2 heterocycles. The standard InChI is InChI=1S/C25H24FN7O3S/c1-2-37(35)33-18-8-3-15(13-19(18)36-25(9-10-25)16-4-6-17(26)7-5-16)22-21(23(27)34)24(32-31-22)30-20-14-28-11-12-29-20/h3-8,11-14,33H,2,9-10H2,1H3,(H2,27,34)(H2,29,30,31,32). The van der Waals surface area contributed by atoms with Gasteiger partial charge in [0, 0.05) is 23.7 Å². The number of halogens is 1. The van der Waals surface area contributed by atoms with Gasteiger partial charge in [0.1, 0.15) is 39.5 Å². The normalized spacial score (nSPS) is 14.5. The van der Waals surface area contributed by atoms with Crippen molar-refractivity contribution in [2.24, 2.45) is 5.73 Å². The van der Waals surface area contributed by atoms with Crippen molar-refractivity contribution < 1.29 is 18.1 Å². The molecule has 4 aromatic rings. The van der Waals surface area contributed by atoms with Crippen molar-refractivity contribution in [3.63, 3.8) is 0 Å². The molecule has 37 heavy (non-hydrogen) atoms. The maximum Gasteiger partial charge on any atom is 0.254 e. The Morgan fingerprint density at radius 2 is 2.00 bits per heavy atom. The number of nitrogens with one attached hydrogen (secondary N) is 3. The summed E-state index contributed by atoms with van der Waals surface area (Å²) in [5.41, 5.74) is 7.53. The van der Waals surface area contributed by atoms with Crippen LogP contribution in [0.15, 0.2) is 61.1 Å². The second kappa shape index (κ2) is 9.97. The zero-order valence-electron chi connectivity index (χ0n) is 19.8. The Morgan fingerprint density at radius 1 is 1.22 bits per heavy atom. The number of rotatable bonds is 10. The molecule has 1 unspecified atom stereocenters. The number of benzene rings is 2. The second-order valence-corrected chi connectivity index (χ2v) is 9.93. The Bertz CT molecular complexity index is 1460. The molecule has 190 valence electrons. The van der Waals surface area contributed by atoms with E-state index in [0.29, 0.717) is 34.3 Å². The number of primary amides is 1. The third-order valence-corrected chi connectivity index (χ3v) is 6.93. The van der Waals surface area contributed by atoms with Crippen LogP contribution in [0.3, 0.4) is 0 Å². The summed E-state index contributed by atoms with van der Waals surface area (Å²) in [5.74, 6) is 0.389. The SMILES string of the molecule is CCS(=O)Nc1ccc(-c2[nH]nc(Nc3cnccn3)c2C(N)=O)cc1OC1(c2ccc(F)cc2)CC1. The van der Waals surface area contributed by atoms with Gasteiger partial charge in [-0.15, -0.1) is 0 Å². The minimum atomic E-state index is -1.32. The van der Waals surface area contributed by atoms with Crippen molar-refractivity contribution >= 4 is 34.2 Å². The van der Waals surface area contributed by atoms with E-state index in [1.165, 1.54) is 30.7 Å². The Kier molecular flexibility index (Phi) is 6.57. The minimum absolute atomic E-state index is 0.133. The number of nitrogens with zero attached hydrogens (tertiary/aromatic N) is 3. The van der Waals surface area contributed by atoms with Gasteiger partial charge in [-0.3, -0.25) is 14.9 Å². The number of nitrogens with two attached hydrogens (primary N) is 1. The van der Waals surface area contributed by atoms with Crippen LogP contribution in [0, 0.1) is 5.82 Å². The molecule has 5 rings (SSSR count). The van der Waals surface area contributed by atoms with Gasteiger partial charge in [-0.05, 0) is 42.7 Å². The Morgan fingerprint density at radius 3 is 2.65 bits per heavy atom. The number of anilines is 3. The molecular weight excluding hydrogens is 497 g/mol. The van der Waals surface area contributed by atoms with Gasteiger partial charge >= 0.3 is 0 Å². The van der Waals surface area contributed by atoms with Gasteiger partial charge in [-0.25, -0.2) is 13.6 Å². The third-order valence-electron chi connectivity index (χ3n) is 5.96. The van der Waals surface area contributed by atoms with Crippen molar-refractivity contribution in [1.29, 1.82) is 0 Å². The van der Waals surface area contributed by atoms with E-state index in [9.17, 15) is 13.4 Å². The van der Waals surface area contributed by atoms with Gasteiger partial charge in [0.2, 0.25) is 0 Å². The Hall–Kier alpha value is -4.32. The predicted octanol–water partition coefficient (Wildman–Crippen LogP) is 4.01. The van der Waals surface area contributed by atoms with Crippen molar-refractivity contribution in [2.75, 3.05) is 15.8 Å². The number of hydrogen-bond acceptors (Lipinski definition) is 7. The van der Waals surface area contributed by atoms with E-state index >= 15 is 0 Å². The molecule has 1 fully saturated rings. The topological polar surface area (TPSA) is 148 Å². The zero-order valence-corrected chi connectivity index (χ0v) is 20.6. The molecule has 2 aromatic carbocycles. The summed E-state index contributed by atoms with van der Waals surface area (Å²) >= 11 is 0.